The Bertz CT molecular complexity index is 566. The maximum atomic E-state index is 10.6. The molecule has 0 amide bonds. The minimum Gasteiger partial charge on any atom is -0.360 e. The first-order chi connectivity index (χ1) is 8.99. The van der Waals surface area contributed by atoms with Crippen LogP contribution in [-0.2, 0) is 5.41 Å². The first-order valence-corrected chi connectivity index (χ1v) is 6.70. The number of hydrogen-bond acceptors (Lipinski definition) is 5. The topological polar surface area (TPSA) is 68.1 Å². The highest BCUT2D eigenvalue weighted by atomic mass is 32.1. The second-order valence-corrected chi connectivity index (χ2v) is 5.87. The Balaban J connectivity index is 2.03. The van der Waals surface area contributed by atoms with Gasteiger partial charge in [0.1, 0.15) is 6.20 Å². The quantitative estimate of drug-likeness (QED) is 0.671. The van der Waals surface area contributed by atoms with Crippen LogP contribution in [-0.4, -0.2) is 16.5 Å². The summed E-state index contributed by atoms with van der Waals surface area (Å²) in [4.78, 5) is 14.2. The van der Waals surface area contributed by atoms with Crippen molar-refractivity contribution < 1.29 is 4.92 Å². The lowest BCUT2D eigenvalue weighted by Gasteiger charge is -2.25. The molecule has 0 aliphatic carbocycles. The molecule has 100 valence electrons. The van der Waals surface area contributed by atoms with Gasteiger partial charge in [-0.3, -0.25) is 10.1 Å². The van der Waals surface area contributed by atoms with Gasteiger partial charge in [0.05, 0.1) is 4.92 Å². The fourth-order valence-corrected chi connectivity index (χ4v) is 2.35. The zero-order chi connectivity index (χ0) is 13.9. The van der Waals surface area contributed by atoms with Crippen molar-refractivity contribution in [3.05, 3.63) is 52.2 Å². The van der Waals surface area contributed by atoms with Crippen molar-refractivity contribution in [2.45, 2.75) is 19.3 Å². The van der Waals surface area contributed by atoms with Crippen molar-refractivity contribution in [1.29, 1.82) is 0 Å². The molecule has 1 N–H and O–H groups in total. The van der Waals surface area contributed by atoms with Gasteiger partial charge in [-0.2, -0.15) is 0 Å². The Kier molecular flexibility index (Phi) is 3.80. The SMILES string of the molecule is CC(C)(CNc1ncc([N+](=O)[O-])s1)c1ccccc1. The fourth-order valence-electron chi connectivity index (χ4n) is 1.72. The van der Waals surface area contributed by atoms with Gasteiger partial charge in [-0.15, -0.1) is 0 Å². The molecule has 0 spiro atoms. The Morgan fingerprint density at radius 3 is 2.63 bits per heavy atom. The Morgan fingerprint density at radius 2 is 2.05 bits per heavy atom. The van der Waals surface area contributed by atoms with E-state index in [1.165, 1.54) is 11.8 Å². The van der Waals surface area contributed by atoms with Crippen LogP contribution >= 0.6 is 11.3 Å². The minimum atomic E-state index is -0.425. The van der Waals surface area contributed by atoms with Crippen LogP contribution in [0.5, 0.6) is 0 Å². The van der Waals surface area contributed by atoms with Gasteiger partial charge in [0.15, 0.2) is 5.13 Å². The maximum absolute atomic E-state index is 10.6. The fraction of sp³-hybridized carbons (Fsp3) is 0.308. The molecular formula is C13H15N3O2S. The van der Waals surface area contributed by atoms with Crippen LogP contribution < -0.4 is 5.32 Å². The van der Waals surface area contributed by atoms with Crippen molar-refractivity contribution in [3.8, 4) is 0 Å². The number of benzene rings is 1. The summed E-state index contributed by atoms with van der Waals surface area (Å²) < 4.78 is 0. The van der Waals surface area contributed by atoms with Gasteiger partial charge in [0, 0.05) is 12.0 Å². The highest BCUT2D eigenvalue weighted by molar-refractivity contribution is 7.18. The van der Waals surface area contributed by atoms with E-state index in [9.17, 15) is 10.1 Å². The number of thiazole rings is 1. The Hall–Kier alpha value is -1.95. The molecule has 0 aliphatic rings. The van der Waals surface area contributed by atoms with E-state index < -0.39 is 4.92 Å². The van der Waals surface area contributed by atoms with E-state index in [0.29, 0.717) is 11.7 Å². The van der Waals surface area contributed by atoms with Crippen LogP contribution in [0.25, 0.3) is 0 Å². The molecular weight excluding hydrogens is 262 g/mol. The second kappa shape index (κ2) is 5.36. The first-order valence-electron chi connectivity index (χ1n) is 5.89. The van der Waals surface area contributed by atoms with Crippen molar-refractivity contribution in [1.82, 2.24) is 4.98 Å². The van der Waals surface area contributed by atoms with Crippen LogP contribution in [0.1, 0.15) is 19.4 Å². The van der Waals surface area contributed by atoms with Gasteiger partial charge in [0.25, 0.3) is 0 Å². The van der Waals surface area contributed by atoms with E-state index in [-0.39, 0.29) is 10.4 Å². The third kappa shape index (κ3) is 3.29. The molecule has 1 aromatic heterocycles. The molecule has 0 fully saturated rings. The van der Waals surface area contributed by atoms with E-state index in [1.807, 2.05) is 18.2 Å². The number of nitrogens with one attached hydrogen (secondary N) is 1. The molecule has 0 atom stereocenters. The van der Waals surface area contributed by atoms with E-state index >= 15 is 0 Å². The molecule has 0 radical (unpaired) electrons. The summed E-state index contributed by atoms with van der Waals surface area (Å²) in [5.74, 6) is 0. The molecule has 0 saturated heterocycles. The normalized spacial score (nSPS) is 11.3. The van der Waals surface area contributed by atoms with Gasteiger partial charge in [-0.1, -0.05) is 44.2 Å². The molecule has 5 nitrogen and oxygen atoms in total. The third-order valence-electron chi connectivity index (χ3n) is 2.91. The lowest BCUT2D eigenvalue weighted by molar-refractivity contribution is -0.380. The molecule has 0 unspecified atom stereocenters. The molecule has 1 heterocycles. The van der Waals surface area contributed by atoms with Crippen LogP contribution in [0.4, 0.5) is 10.1 Å². The van der Waals surface area contributed by atoms with Crippen molar-refractivity contribution in [2.75, 3.05) is 11.9 Å². The average Bonchev–Trinajstić information content (AvgIpc) is 2.87. The van der Waals surface area contributed by atoms with Gasteiger partial charge >= 0.3 is 5.00 Å². The zero-order valence-electron chi connectivity index (χ0n) is 10.8. The predicted molar refractivity (Wildman–Crippen MR) is 76.7 cm³/mol. The van der Waals surface area contributed by atoms with E-state index in [4.69, 9.17) is 0 Å². The second-order valence-electron chi connectivity index (χ2n) is 4.86. The lowest BCUT2D eigenvalue weighted by Crippen LogP contribution is -2.27. The number of nitro groups is 1. The zero-order valence-corrected chi connectivity index (χ0v) is 11.6. The van der Waals surface area contributed by atoms with Gasteiger partial charge in [0.2, 0.25) is 0 Å². The molecule has 2 aromatic rings. The highest BCUT2D eigenvalue weighted by Crippen LogP contribution is 2.28. The molecule has 1 aromatic carbocycles. The smallest absolute Gasteiger partial charge is 0.345 e. The lowest BCUT2D eigenvalue weighted by atomic mass is 9.85. The summed E-state index contributed by atoms with van der Waals surface area (Å²) in [7, 11) is 0. The largest absolute Gasteiger partial charge is 0.360 e. The summed E-state index contributed by atoms with van der Waals surface area (Å²) >= 11 is 1.06. The monoisotopic (exact) mass is 277 g/mol. The van der Waals surface area contributed by atoms with Gasteiger partial charge < -0.3 is 5.32 Å². The molecule has 2 rings (SSSR count). The summed E-state index contributed by atoms with van der Waals surface area (Å²) in [6, 6.07) is 10.1. The highest BCUT2D eigenvalue weighted by Gasteiger charge is 2.21. The molecule has 19 heavy (non-hydrogen) atoms. The number of rotatable bonds is 5. The van der Waals surface area contributed by atoms with Crippen LogP contribution in [0.2, 0.25) is 0 Å². The average molecular weight is 277 g/mol. The third-order valence-corrected chi connectivity index (χ3v) is 3.82. The Labute approximate surface area is 115 Å². The summed E-state index contributed by atoms with van der Waals surface area (Å²) in [6.45, 7) is 4.91. The molecule has 0 saturated carbocycles. The summed E-state index contributed by atoms with van der Waals surface area (Å²) in [6.07, 6.45) is 1.28. The minimum absolute atomic E-state index is 0.0556. The Morgan fingerprint density at radius 1 is 1.37 bits per heavy atom. The van der Waals surface area contributed by atoms with Crippen LogP contribution in [0, 0.1) is 10.1 Å². The van der Waals surface area contributed by atoms with E-state index in [0.717, 1.165) is 11.3 Å². The summed E-state index contributed by atoms with van der Waals surface area (Å²) in [5, 5.41) is 14.4. The molecule has 0 bridgehead atoms. The number of nitrogens with zero attached hydrogens (tertiary/aromatic N) is 2. The van der Waals surface area contributed by atoms with Crippen LogP contribution in [0.15, 0.2) is 36.5 Å². The number of anilines is 1. The maximum Gasteiger partial charge on any atom is 0.345 e. The number of hydrogen-bond donors (Lipinski definition) is 1. The van der Waals surface area contributed by atoms with Crippen molar-refractivity contribution in [3.63, 3.8) is 0 Å². The first kappa shape index (κ1) is 13.5. The van der Waals surface area contributed by atoms with E-state index in [1.54, 1.807) is 0 Å². The van der Waals surface area contributed by atoms with Crippen LogP contribution in [0.3, 0.4) is 0 Å². The van der Waals surface area contributed by atoms with Crippen molar-refractivity contribution >= 4 is 21.5 Å². The summed E-state index contributed by atoms with van der Waals surface area (Å²) in [5.41, 5.74) is 1.15. The standard InChI is InChI=1S/C13H15N3O2S/c1-13(2,10-6-4-3-5-7-10)9-15-12-14-8-11(19-12)16(17)18/h3-8H,9H2,1-2H3,(H,14,15). The molecule has 6 heteroatoms. The van der Waals surface area contributed by atoms with Gasteiger partial charge in [-0.25, -0.2) is 4.98 Å². The predicted octanol–water partition coefficient (Wildman–Crippen LogP) is 3.44. The van der Waals surface area contributed by atoms with Gasteiger partial charge in [-0.05, 0) is 16.9 Å². The molecule has 0 aliphatic heterocycles. The van der Waals surface area contributed by atoms with Crippen molar-refractivity contribution in [2.24, 2.45) is 0 Å². The van der Waals surface area contributed by atoms with E-state index in [2.05, 4.69) is 36.3 Å². The number of aromatic nitrogens is 1.